The largest absolute Gasteiger partial charge is 0.457 e. The van der Waals surface area contributed by atoms with E-state index in [0.29, 0.717) is 56.1 Å². The fraction of sp³-hybridized carbons (Fsp3) is 0.0732. The van der Waals surface area contributed by atoms with Gasteiger partial charge in [0.15, 0.2) is 23.3 Å². The summed E-state index contributed by atoms with van der Waals surface area (Å²) in [5.74, 6) is 3.57. The third-order valence-electron chi connectivity index (χ3n) is 9.38. The van der Waals surface area contributed by atoms with E-state index in [4.69, 9.17) is 34.6 Å². The molecule has 10 rings (SSSR count). The fourth-order valence-electron chi connectivity index (χ4n) is 6.83. The first kappa shape index (κ1) is 29.2. The molecule has 0 saturated carbocycles. The van der Waals surface area contributed by atoms with Crippen LogP contribution < -0.4 is 9.22 Å². The molecule has 5 aromatic carbocycles. The first-order valence-electron chi connectivity index (χ1n) is 16.7. The summed E-state index contributed by atoms with van der Waals surface area (Å²) in [4.78, 5) is 37.5. The summed E-state index contributed by atoms with van der Waals surface area (Å²) in [7, 11) is 6.42. The zero-order valence-corrected chi connectivity index (χ0v) is 28.0. The lowest BCUT2D eigenvalue weighted by atomic mass is 10.1. The van der Waals surface area contributed by atoms with Crippen LogP contribution >= 0.6 is 0 Å². The van der Waals surface area contributed by atoms with Crippen LogP contribution in [-0.4, -0.2) is 61.0 Å². The van der Waals surface area contributed by atoms with Gasteiger partial charge in [0.1, 0.15) is 39.8 Å². The van der Waals surface area contributed by atoms with E-state index in [0.717, 1.165) is 49.5 Å². The molecule has 2 aliphatic rings. The molecule has 10 heteroatoms. The molecule has 0 radical (unpaired) electrons. The van der Waals surface area contributed by atoms with Crippen molar-refractivity contribution in [2.45, 2.75) is 0 Å². The zero-order chi connectivity index (χ0) is 34.3. The number of hydrogen-bond donors (Lipinski definition) is 2. The van der Waals surface area contributed by atoms with Crippen LogP contribution in [0.1, 0.15) is 0 Å². The summed E-state index contributed by atoms with van der Waals surface area (Å²) in [5, 5.41) is 3.48. The van der Waals surface area contributed by atoms with Crippen LogP contribution in [0, 0.1) is 0 Å². The number of hydrogen-bond acceptors (Lipinski definition) is 7. The smallest absolute Gasteiger partial charge is 0.164 e. The summed E-state index contributed by atoms with van der Waals surface area (Å²) in [6.45, 7) is 0. The quantitative estimate of drug-likeness (QED) is 0.181. The van der Waals surface area contributed by atoms with E-state index in [-0.39, 0.29) is 0 Å². The molecule has 3 aromatic heterocycles. The van der Waals surface area contributed by atoms with Crippen molar-refractivity contribution in [3.63, 3.8) is 0 Å². The lowest BCUT2D eigenvalue weighted by Gasteiger charge is -2.23. The normalized spacial score (nSPS) is 12.2. The molecule has 0 aliphatic carbocycles. The number of nitrogens with zero attached hydrogens (tertiary/aromatic N) is 7. The number of benzene rings is 5. The standard InChI is InChI=1S/C41H30N9O/c1-50(2,3)23-19-21-24(22-20-23)51-32-18-10-17-31-33(32)41-48-39-30-16-9-8-15-29(30)37(46-39)44-35-26-12-5-4-11-25(26)34(42-35)43-36-27-13-6-7-14-28(27)38(45-36)47-40(31)49-41/h4-22H,1-3H3,(H2,42,43,44,45,46,47,48,49)/q+1. The monoisotopic (exact) mass is 664 g/mol. The average Bonchev–Trinajstić information content (AvgIpc) is 3.87. The van der Waals surface area contributed by atoms with E-state index in [1.54, 1.807) is 0 Å². The number of H-pyrrole nitrogens is 2. The second-order valence-electron chi connectivity index (χ2n) is 13.5. The topological polar surface area (TPSA) is 118 Å². The van der Waals surface area contributed by atoms with Gasteiger partial charge < -0.3 is 14.7 Å². The second kappa shape index (κ2) is 10.9. The highest BCUT2D eigenvalue weighted by Gasteiger charge is 2.23. The maximum absolute atomic E-state index is 6.59. The van der Waals surface area contributed by atoms with E-state index < -0.39 is 0 Å². The molecule has 2 N–H and O–H groups in total. The Morgan fingerprint density at radius 3 is 1.43 bits per heavy atom. The molecule has 8 bridgehead atoms. The molecule has 0 unspecified atom stereocenters. The molecule has 0 atom stereocenters. The number of nitrogens with one attached hydrogen (secondary N) is 2. The molecule has 0 saturated heterocycles. The Bertz CT molecular complexity index is 2880. The van der Waals surface area contributed by atoms with Gasteiger partial charge in [-0.2, -0.15) is 0 Å². The number of ether oxygens (including phenoxy) is 1. The van der Waals surface area contributed by atoms with Crippen molar-refractivity contribution >= 4 is 49.8 Å². The number of fused-ring (bicyclic) bond motifs is 20. The summed E-state index contributed by atoms with van der Waals surface area (Å²) in [5.41, 5.74) is 7.22. The number of rotatable bonds is 3. The van der Waals surface area contributed by atoms with Crippen LogP contribution in [0.5, 0.6) is 11.5 Å². The van der Waals surface area contributed by atoms with Gasteiger partial charge in [0.25, 0.3) is 0 Å². The molecule has 5 heterocycles. The Morgan fingerprint density at radius 1 is 0.431 bits per heavy atom. The summed E-state index contributed by atoms with van der Waals surface area (Å²) in [6.07, 6.45) is 0. The summed E-state index contributed by atoms with van der Waals surface area (Å²) >= 11 is 0. The van der Waals surface area contributed by atoms with E-state index in [2.05, 4.69) is 43.2 Å². The van der Waals surface area contributed by atoms with Crippen molar-refractivity contribution in [2.24, 2.45) is 0 Å². The van der Waals surface area contributed by atoms with Crippen LogP contribution in [0.25, 0.3) is 89.7 Å². The minimum Gasteiger partial charge on any atom is -0.457 e. The van der Waals surface area contributed by atoms with Gasteiger partial charge in [0.2, 0.25) is 0 Å². The first-order chi connectivity index (χ1) is 24.9. The lowest BCUT2D eigenvalue weighted by Crippen LogP contribution is -2.34. The van der Waals surface area contributed by atoms with Gasteiger partial charge in [-0.05, 0) is 18.2 Å². The van der Waals surface area contributed by atoms with Crippen molar-refractivity contribution in [2.75, 3.05) is 21.1 Å². The van der Waals surface area contributed by atoms with Gasteiger partial charge in [-0.3, -0.25) is 4.48 Å². The Balaban J connectivity index is 1.31. The van der Waals surface area contributed by atoms with Gasteiger partial charge in [0.05, 0.1) is 26.5 Å². The summed E-state index contributed by atoms with van der Waals surface area (Å²) in [6, 6.07) is 38.2. The van der Waals surface area contributed by atoms with Gasteiger partial charge in [-0.15, -0.1) is 0 Å². The predicted octanol–water partition coefficient (Wildman–Crippen LogP) is 8.86. The van der Waals surface area contributed by atoms with Crippen molar-refractivity contribution in [1.29, 1.82) is 0 Å². The third-order valence-corrected chi connectivity index (χ3v) is 9.38. The molecule has 51 heavy (non-hydrogen) atoms. The third kappa shape index (κ3) is 4.76. The Hall–Kier alpha value is -6.78. The minimum absolute atomic E-state index is 0.543. The van der Waals surface area contributed by atoms with Gasteiger partial charge in [-0.25, -0.2) is 29.9 Å². The number of aromatic amines is 2. The highest BCUT2D eigenvalue weighted by molar-refractivity contribution is 6.10. The molecule has 244 valence electrons. The Kier molecular flexibility index (Phi) is 6.21. The zero-order valence-electron chi connectivity index (χ0n) is 28.0. The van der Waals surface area contributed by atoms with Gasteiger partial charge in [-0.1, -0.05) is 84.9 Å². The van der Waals surface area contributed by atoms with Gasteiger partial charge in [0, 0.05) is 50.5 Å². The average molecular weight is 665 g/mol. The van der Waals surface area contributed by atoms with Crippen LogP contribution in [0.3, 0.4) is 0 Å². The molecular formula is C41H30N9O+. The van der Waals surface area contributed by atoms with Crippen molar-refractivity contribution < 1.29 is 4.74 Å². The first-order valence-corrected chi connectivity index (χ1v) is 16.7. The molecule has 8 aromatic rings. The molecule has 10 nitrogen and oxygen atoms in total. The lowest BCUT2D eigenvalue weighted by molar-refractivity contribution is 0.477. The van der Waals surface area contributed by atoms with Crippen LogP contribution in [0.4, 0.5) is 5.69 Å². The minimum atomic E-state index is 0.543. The van der Waals surface area contributed by atoms with Crippen LogP contribution in [-0.2, 0) is 0 Å². The Morgan fingerprint density at radius 2 is 0.882 bits per heavy atom. The van der Waals surface area contributed by atoms with Crippen molar-refractivity contribution in [1.82, 2.24) is 44.4 Å². The van der Waals surface area contributed by atoms with Gasteiger partial charge >= 0.3 is 0 Å². The number of aromatic nitrogens is 8. The summed E-state index contributed by atoms with van der Waals surface area (Å²) < 4.78 is 7.30. The van der Waals surface area contributed by atoms with E-state index >= 15 is 0 Å². The molecule has 0 fully saturated rings. The van der Waals surface area contributed by atoms with Crippen LogP contribution in [0.15, 0.2) is 115 Å². The van der Waals surface area contributed by atoms with E-state index in [1.807, 2.05) is 103 Å². The molecule has 0 amide bonds. The van der Waals surface area contributed by atoms with Crippen molar-refractivity contribution in [3.05, 3.63) is 115 Å². The Labute approximate surface area is 291 Å². The number of quaternary nitrogens is 1. The molecule has 0 spiro atoms. The molecular weight excluding hydrogens is 635 g/mol. The predicted molar refractivity (Wildman–Crippen MR) is 202 cm³/mol. The van der Waals surface area contributed by atoms with E-state index in [1.165, 1.54) is 5.69 Å². The molecule has 2 aliphatic heterocycles. The van der Waals surface area contributed by atoms with Crippen molar-refractivity contribution in [3.8, 4) is 57.1 Å². The van der Waals surface area contributed by atoms with E-state index in [9.17, 15) is 0 Å². The van der Waals surface area contributed by atoms with Crippen LogP contribution in [0.2, 0.25) is 0 Å². The highest BCUT2D eigenvalue weighted by atomic mass is 16.5. The maximum atomic E-state index is 6.59. The highest BCUT2D eigenvalue weighted by Crippen LogP contribution is 2.39. The maximum Gasteiger partial charge on any atom is 0.164 e. The SMILES string of the molecule is C[N+](C)(C)c1ccc(Oc2cccc3c4nc5nc(nc6nc(nc7[nH]c(nc([nH]4)c23)c2ccccc72)-c2ccccc2-6)-c2ccccc2-5)cc1. The second-order valence-corrected chi connectivity index (χ2v) is 13.5. The fourth-order valence-corrected chi connectivity index (χ4v) is 6.83.